The van der Waals surface area contributed by atoms with Crippen LogP contribution in [0.5, 0.6) is 0 Å². The molecular formula is C17H14FN3O3. The molecule has 3 amide bonds. The zero-order valence-corrected chi connectivity index (χ0v) is 12.6. The molecule has 0 aromatic heterocycles. The summed E-state index contributed by atoms with van der Waals surface area (Å²) >= 11 is 0. The summed E-state index contributed by atoms with van der Waals surface area (Å²) in [5.41, 5.74) is 1.78. The Kier molecular flexibility index (Phi) is 3.30. The van der Waals surface area contributed by atoms with E-state index in [1.807, 2.05) is 0 Å². The predicted molar refractivity (Wildman–Crippen MR) is 82.6 cm³/mol. The quantitative estimate of drug-likeness (QED) is 0.824. The smallest absolute Gasteiger partial charge is 0.295 e. The van der Waals surface area contributed by atoms with Crippen LogP contribution in [0.2, 0.25) is 0 Å². The van der Waals surface area contributed by atoms with Crippen molar-refractivity contribution in [3.63, 3.8) is 0 Å². The summed E-state index contributed by atoms with van der Waals surface area (Å²) in [7, 11) is 0. The minimum atomic E-state index is -0.797. The van der Waals surface area contributed by atoms with Gasteiger partial charge in [0, 0.05) is 23.6 Å². The van der Waals surface area contributed by atoms with Gasteiger partial charge in [-0.2, -0.15) is 0 Å². The molecular weight excluding hydrogens is 313 g/mol. The van der Waals surface area contributed by atoms with E-state index in [-0.39, 0.29) is 11.6 Å². The summed E-state index contributed by atoms with van der Waals surface area (Å²) in [6.45, 7) is 0. The van der Waals surface area contributed by atoms with E-state index in [2.05, 4.69) is 15.6 Å². The van der Waals surface area contributed by atoms with E-state index in [0.29, 0.717) is 36.1 Å². The molecule has 1 fully saturated rings. The number of hydrogen-bond donors (Lipinski definition) is 2. The lowest BCUT2D eigenvalue weighted by atomic mass is 9.72. The van der Waals surface area contributed by atoms with Gasteiger partial charge in [-0.3, -0.25) is 20.2 Å². The minimum absolute atomic E-state index is 0.0434. The van der Waals surface area contributed by atoms with Crippen molar-refractivity contribution < 1.29 is 18.8 Å². The molecule has 2 aliphatic heterocycles. The molecule has 0 bridgehead atoms. The van der Waals surface area contributed by atoms with E-state index in [9.17, 15) is 18.8 Å². The number of allylic oxidation sites excluding steroid dienone is 2. The number of halogens is 1. The van der Waals surface area contributed by atoms with Crippen LogP contribution in [0.25, 0.3) is 0 Å². The van der Waals surface area contributed by atoms with Gasteiger partial charge < -0.3 is 0 Å². The second kappa shape index (κ2) is 5.36. The van der Waals surface area contributed by atoms with Gasteiger partial charge in [0.1, 0.15) is 17.6 Å². The molecule has 2 atom stereocenters. The monoisotopic (exact) mass is 327 g/mol. The molecule has 1 saturated heterocycles. The first kappa shape index (κ1) is 14.7. The van der Waals surface area contributed by atoms with Gasteiger partial charge in [-0.05, 0) is 30.5 Å². The molecule has 0 saturated carbocycles. The van der Waals surface area contributed by atoms with Crippen molar-refractivity contribution in [3.8, 4) is 0 Å². The van der Waals surface area contributed by atoms with Crippen LogP contribution in [0.3, 0.4) is 0 Å². The number of urea groups is 1. The first-order valence-electron chi connectivity index (χ1n) is 7.77. The van der Waals surface area contributed by atoms with Gasteiger partial charge in [-0.15, -0.1) is 0 Å². The zero-order valence-electron chi connectivity index (χ0n) is 12.6. The Morgan fingerprint density at radius 3 is 2.50 bits per heavy atom. The van der Waals surface area contributed by atoms with Gasteiger partial charge in [0.2, 0.25) is 5.91 Å². The van der Waals surface area contributed by atoms with Crippen LogP contribution in [0.4, 0.5) is 9.18 Å². The van der Waals surface area contributed by atoms with Crippen LogP contribution in [0.15, 0.2) is 40.5 Å². The van der Waals surface area contributed by atoms with Gasteiger partial charge in [-0.1, -0.05) is 12.1 Å². The van der Waals surface area contributed by atoms with Crippen LogP contribution >= 0.6 is 0 Å². The molecule has 6 nitrogen and oxygen atoms in total. The number of ketones is 1. The van der Waals surface area contributed by atoms with Crippen molar-refractivity contribution in [1.82, 2.24) is 10.6 Å². The SMILES string of the molecule is O=C1NC(=O)C2C(=NC3=C(C(=O)CCC3)C2c2ccc(F)cc2)N1. The maximum absolute atomic E-state index is 13.3. The highest BCUT2D eigenvalue weighted by Crippen LogP contribution is 2.43. The number of fused-ring (bicyclic) bond motifs is 1. The Morgan fingerprint density at radius 1 is 1.00 bits per heavy atom. The van der Waals surface area contributed by atoms with Crippen molar-refractivity contribution in [2.45, 2.75) is 25.2 Å². The van der Waals surface area contributed by atoms with Crippen LogP contribution in [0.1, 0.15) is 30.7 Å². The third-order valence-corrected chi connectivity index (χ3v) is 4.61. The highest BCUT2D eigenvalue weighted by atomic mass is 19.1. The molecule has 7 heteroatoms. The number of carbonyl (C=O) groups is 3. The van der Waals surface area contributed by atoms with Crippen LogP contribution in [-0.2, 0) is 9.59 Å². The molecule has 3 aliphatic rings. The first-order chi connectivity index (χ1) is 11.5. The number of benzene rings is 1. The fourth-order valence-electron chi connectivity index (χ4n) is 3.60. The molecule has 1 aromatic carbocycles. The second-order valence-electron chi connectivity index (χ2n) is 6.08. The normalized spacial score (nSPS) is 26.2. The van der Waals surface area contributed by atoms with E-state index in [1.165, 1.54) is 12.1 Å². The third kappa shape index (κ3) is 2.24. The van der Waals surface area contributed by atoms with Crippen LogP contribution in [-0.4, -0.2) is 23.6 Å². The number of nitrogens with one attached hydrogen (secondary N) is 2. The maximum atomic E-state index is 13.3. The summed E-state index contributed by atoms with van der Waals surface area (Å²) in [4.78, 5) is 40.9. The Bertz CT molecular complexity index is 826. The van der Waals surface area contributed by atoms with E-state index < -0.39 is 29.6 Å². The van der Waals surface area contributed by atoms with Crippen molar-refractivity contribution >= 4 is 23.6 Å². The number of imide groups is 1. The van der Waals surface area contributed by atoms with E-state index in [0.717, 1.165) is 0 Å². The van der Waals surface area contributed by atoms with Crippen molar-refractivity contribution in [2.24, 2.45) is 10.9 Å². The Hall–Kier alpha value is -2.83. The topological polar surface area (TPSA) is 87.6 Å². The van der Waals surface area contributed by atoms with Crippen molar-refractivity contribution in [2.75, 3.05) is 0 Å². The molecule has 4 rings (SSSR count). The number of amidine groups is 1. The van der Waals surface area contributed by atoms with Gasteiger partial charge in [0.25, 0.3) is 0 Å². The standard InChI is InChI=1S/C17H14FN3O3/c18-9-6-4-8(5-7-9)12-13-10(2-1-3-11(13)22)19-15-14(12)16(23)21-17(24)20-15/h4-7,12,14H,1-3H2,(H2,19,20,21,23,24). The number of amides is 3. The molecule has 2 heterocycles. The van der Waals surface area contributed by atoms with Crippen molar-refractivity contribution in [3.05, 3.63) is 46.9 Å². The van der Waals surface area contributed by atoms with E-state index in [4.69, 9.17) is 0 Å². The highest BCUT2D eigenvalue weighted by molar-refractivity contribution is 6.20. The van der Waals surface area contributed by atoms with E-state index >= 15 is 0 Å². The number of nitrogens with zero attached hydrogens (tertiary/aromatic N) is 1. The summed E-state index contributed by atoms with van der Waals surface area (Å²) in [6.07, 6.45) is 1.71. The predicted octanol–water partition coefficient (Wildman–Crippen LogP) is 1.78. The van der Waals surface area contributed by atoms with Crippen molar-refractivity contribution in [1.29, 1.82) is 0 Å². The molecule has 1 aromatic rings. The highest BCUT2D eigenvalue weighted by Gasteiger charge is 2.46. The minimum Gasteiger partial charge on any atom is -0.295 e. The molecule has 0 radical (unpaired) electrons. The summed E-state index contributed by atoms with van der Waals surface area (Å²) in [5, 5.41) is 4.79. The lowest BCUT2D eigenvalue weighted by Gasteiger charge is -2.37. The second-order valence-corrected chi connectivity index (χ2v) is 6.08. The number of carbonyl (C=O) groups excluding carboxylic acids is 3. The number of aliphatic imine (C=N–C) groups is 1. The van der Waals surface area contributed by atoms with Gasteiger partial charge >= 0.3 is 6.03 Å². The summed E-state index contributed by atoms with van der Waals surface area (Å²) < 4.78 is 13.3. The third-order valence-electron chi connectivity index (χ3n) is 4.61. The molecule has 0 spiro atoms. The average molecular weight is 327 g/mol. The lowest BCUT2D eigenvalue weighted by molar-refractivity contribution is -0.122. The Labute approximate surface area is 136 Å². The van der Waals surface area contributed by atoms with E-state index in [1.54, 1.807) is 12.1 Å². The fraction of sp³-hybridized carbons (Fsp3) is 0.294. The largest absolute Gasteiger partial charge is 0.326 e. The fourth-order valence-corrected chi connectivity index (χ4v) is 3.60. The van der Waals surface area contributed by atoms with Crippen LogP contribution in [0, 0.1) is 11.7 Å². The molecule has 122 valence electrons. The summed E-state index contributed by atoms with van der Waals surface area (Å²) in [5.74, 6) is -2.05. The number of rotatable bonds is 1. The summed E-state index contributed by atoms with van der Waals surface area (Å²) in [6, 6.07) is 5.11. The maximum Gasteiger partial charge on any atom is 0.326 e. The molecule has 24 heavy (non-hydrogen) atoms. The number of hydrogen-bond acceptors (Lipinski definition) is 4. The first-order valence-corrected chi connectivity index (χ1v) is 7.77. The number of Topliss-reactive ketones (excluding diaryl/α,β-unsaturated/α-hetero) is 1. The Balaban J connectivity index is 1.90. The molecule has 2 N–H and O–H groups in total. The Morgan fingerprint density at radius 2 is 1.75 bits per heavy atom. The molecule has 2 unspecified atom stereocenters. The average Bonchev–Trinajstić information content (AvgIpc) is 2.54. The molecule has 1 aliphatic carbocycles. The van der Waals surface area contributed by atoms with Gasteiger partial charge in [0.15, 0.2) is 5.78 Å². The lowest BCUT2D eigenvalue weighted by Crippen LogP contribution is -2.58. The zero-order chi connectivity index (χ0) is 16.8. The van der Waals surface area contributed by atoms with Gasteiger partial charge in [0.05, 0.1) is 0 Å². The van der Waals surface area contributed by atoms with Gasteiger partial charge in [-0.25, -0.2) is 14.2 Å². The van der Waals surface area contributed by atoms with Crippen LogP contribution < -0.4 is 10.6 Å².